The Labute approximate surface area is 114 Å². The number of carbonyl (C=O) groups is 2. The monoisotopic (exact) mass is 276 g/mol. The lowest BCUT2D eigenvalue weighted by atomic mass is 10.1. The Morgan fingerprint density at radius 1 is 1.35 bits per heavy atom. The fourth-order valence-electron chi connectivity index (χ4n) is 1.73. The van der Waals surface area contributed by atoms with E-state index in [9.17, 15) is 14.0 Å². The van der Waals surface area contributed by atoms with Crippen LogP contribution >= 0.6 is 0 Å². The highest BCUT2D eigenvalue weighted by Crippen LogP contribution is 2.14. The molecule has 0 bridgehead atoms. The van der Waals surface area contributed by atoms with E-state index in [1.54, 1.807) is 7.05 Å². The molecule has 0 saturated carbocycles. The number of amides is 2. The van der Waals surface area contributed by atoms with Crippen LogP contribution in [0.3, 0.4) is 0 Å². The molecule has 1 heterocycles. The van der Waals surface area contributed by atoms with Crippen molar-refractivity contribution < 1.29 is 14.0 Å². The molecule has 1 aromatic carbocycles. The number of halogens is 1. The van der Waals surface area contributed by atoms with Gasteiger partial charge in [0, 0.05) is 13.2 Å². The smallest absolute Gasteiger partial charge is 0.255 e. The summed E-state index contributed by atoms with van der Waals surface area (Å²) in [5.74, 6) is -1.64. The predicted molar refractivity (Wildman–Crippen MR) is 69.0 cm³/mol. The molecule has 1 unspecified atom stereocenters. The highest BCUT2D eigenvalue weighted by molar-refractivity contribution is 5.97. The first-order valence-electron chi connectivity index (χ1n) is 5.81. The summed E-state index contributed by atoms with van der Waals surface area (Å²) in [6, 6.07) is 4.16. The third-order valence-electron chi connectivity index (χ3n) is 2.73. The molecule has 0 fully saturated rings. The maximum absolute atomic E-state index is 12.9. The Hall–Kier alpha value is -2.70. The molecular weight excluding hydrogens is 263 g/mol. The number of nitrogens with one attached hydrogen (secondary N) is 1. The molecule has 0 aliphatic heterocycles. The molecule has 0 aliphatic carbocycles. The van der Waals surface area contributed by atoms with Gasteiger partial charge in [-0.3, -0.25) is 14.3 Å². The minimum atomic E-state index is -1.02. The molecule has 104 valence electrons. The zero-order chi connectivity index (χ0) is 14.7. The van der Waals surface area contributed by atoms with Gasteiger partial charge in [0.2, 0.25) is 5.91 Å². The molecule has 20 heavy (non-hydrogen) atoms. The number of nitrogens with zero attached hydrogens (tertiary/aromatic N) is 2. The van der Waals surface area contributed by atoms with E-state index >= 15 is 0 Å². The molecule has 1 atom stereocenters. The number of carbonyl (C=O) groups excluding carboxylic acids is 2. The Bertz CT molecular complexity index is 636. The second kappa shape index (κ2) is 5.52. The third kappa shape index (κ3) is 3.00. The van der Waals surface area contributed by atoms with Crippen LogP contribution in [-0.4, -0.2) is 21.6 Å². The SMILES string of the molecule is Cn1cc(C(=O)NC(C(N)=O)c2ccc(F)cc2)cn1. The molecule has 6 nitrogen and oxygen atoms in total. The highest BCUT2D eigenvalue weighted by Gasteiger charge is 2.21. The highest BCUT2D eigenvalue weighted by atomic mass is 19.1. The van der Waals surface area contributed by atoms with E-state index in [-0.39, 0.29) is 0 Å². The van der Waals surface area contributed by atoms with E-state index in [2.05, 4.69) is 10.4 Å². The second-order valence-corrected chi connectivity index (χ2v) is 4.26. The van der Waals surface area contributed by atoms with Gasteiger partial charge in [-0.25, -0.2) is 4.39 Å². The second-order valence-electron chi connectivity index (χ2n) is 4.26. The minimum Gasteiger partial charge on any atom is -0.368 e. The van der Waals surface area contributed by atoms with Crippen LogP contribution in [0.15, 0.2) is 36.7 Å². The summed E-state index contributed by atoms with van der Waals surface area (Å²) >= 11 is 0. The van der Waals surface area contributed by atoms with E-state index in [0.717, 1.165) is 0 Å². The summed E-state index contributed by atoms with van der Waals surface area (Å²) in [7, 11) is 1.67. The van der Waals surface area contributed by atoms with Crippen molar-refractivity contribution in [1.29, 1.82) is 0 Å². The molecule has 1 aromatic heterocycles. The maximum atomic E-state index is 12.9. The van der Waals surface area contributed by atoms with Gasteiger partial charge >= 0.3 is 0 Å². The Morgan fingerprint density at radius 3 is 2.50 bits per heavy atom. The third-order valence-corrected chi connectivity index (χ3v) is 2.73. The number of primary amides is 1. The zero-order valence-electron chi connectivity index (χ0n) is 10.7. The van der Waals surface area contributed by atoms with Crippen molar-refractivity contribution in [1.82, 2.24) is 15.1 Å². The van der Waals surface area contributed by atoms with Gasteiger partial charge in [0.1, 0.15) is 11.9 Å². The topological polar surface area (TPSA) is 90.0 Å². The number of aryl methyl sites for hydroxylation is 1. The van der Waals surface area contributed by atoms with Gasteiger partial charge in [-0.05, 0) is 17.7 Å². The number of rotatable bonds is 4. The lowest BCUT2D eigenvalue weighted by Crippen LogP contribution is -2.37. The van der Waals surface area contributed by atoms with Crippen molar-refractivity contribution >= 4 is 11.8 Å². The summed E-state index contributed by atoms with van der Waals surface area (Å²) in [6.07, 6.45) is 2.89. The molecule has 3 N–H and O–H groups in total. The quantitative estimate of drug-likeness (QED) is 0.852. The first-order chi connectivity index (χ1) is 9.47. The number of hydrogen-bond donors (Lipinski definition) is 2. The summed E-state index contributed by atoms with van der Waals surface area (Å²) in [6.45, 7) is 0. The number of benzene rings is 1. The van der Waals surface area contributed by atoms with E-state index in [0.29, 0.717) is 11.1 Å². The molecule has 0 aliphatic rings. The van der Waals surface area contributed by atoms with E-state index in [1.807, 2.05) is 0 Å². The standard InChI is InChI=1S/C13H13FN4O2/c1-18-7-9(6-16-18)13(20)17-11(12(15)19)8-2-4-10(14)5-3-8/h2-7,11H,1H3,(H2,15,19)(H,17,20). The number of aromatic nitrogens is 2. The fourth-order valence-corrected chi connectivity index (χ4v) is 1.73. The van der Waals surface area contributed by atoms with Crippen molar-refractivity contribution in [2.24, 2.45) is 12.8 Å². The molecule has 2 aromatic rings. The molecule has 7 heteroatoms. The van der Waals surface area contributed by atoms with Crippen molar-refractivity contribution in [3.63, 3.8) is 0 Å². The lowest BCUT2D eigenvalue weighted by Gasteiger charge is -2.15. The van der Waals surface area contributed by atoms with Crippen LogP contribution in [0.2, 0.25) is 0 Å². The van der Waals surface area contributed by atoms with E-state index < -0.39 is 23.7 Å². The van der Waals surface area contributed by atoms with E-state index in [1.165, 1.54) is 41.3 Å². The summed E-state index contributed by atoms with van der Waals surface area (Å²) in [4.78, 5) is 23.4. The molecule has 0 spiro atoms. The average Bonchev–Trinajstić information content (AvgIpc) is 2.83. The molecule has 0 saturated heterocycles. The van der Waals surface area contributed by atoms with Crippen molar-refractivity contribution in [3.8, 4) is 0 Å². The van der Waals surface area contributed by atoms with Gasteiger partial charge in [0.15, 0.2) is 0 Å². The Morgan fingerprint density at radius 2 is 2.00 bits per heavy atom. The van der Waals surface area contributed by atoms with Gasteiger partial charge in [-0.2, -0.15) is 5.10 Å². The van der Waals surface area contributed by atoms with Crippen LogP contribution in [0.4, 0.5) is 4.39 Å². The largest absolute Gasteiger partial charge is 0.368 e. The van der Waals surface area contributed by atoms with Crippen LogP contribution < -0.4 is 11.1 Å². The van der Waals surface area contributed by atoms with Crippen LogP contribution in [0.25, 0.3) is 0 Å². The van der Waals surface area contributed by atoms with Crippen LogP contribution in [0.1, 0.15) is 22.0 Å². The first kappa shape index (κ1) is 13.7. The number of hydrogen-bond acceptors (Lipinski definition) is 3. The van der Waals surface area contributed by atoms with Crippen molar-refractivity contribution in [2.75, 3.05) is 0 Å². The maximum Gasteiger partial charge on any atom is 0.255 e. The normalized spacial score (nSPS) is 11.9. The predicted octanol–water partition coefficient (Wildman–Crippen LogP) is 0.516. The Balaban J connectivity index is 2.20. The van der Waals surface area contributed by atoms with Gasteiger partial charge in [0.25, 0.3) is 5.91 Å². The Kier molecular flexibility index (Phi) is 3.79. The molecule has 2 rings (SSSR count). The fraction of sp³-hybridized carbons (Fsp3) is 0.154. The zero-order valence-corrected chi connectivity index (χ0v) is 10.7. The molecule has 2 amide bonds. The van der Waals surface area contributed by atoms with Gasteiger partial charge in [-0.1, -0.05) is 12.1 Å². The summed E-state index contributed by atoms with van der Waals surface area (Å²) in [5.41, 5.74) is 5.99. The van der Waals surface area contributed by atoms with Gasteiger partial charge < -0.3 is 11.1 Å². The van der Waals surface area contributed by atoms with Gasteiger partial charge in [0.05, 0.1) is 11.8 Å². The van der Waals surface area contributed by atoms with Crippen LogP contribution in [0.5, 0.6) is 0 Å². The average molecular weight is 276 g/mol. The lowest BCUT2D eigenvalue weighted by molar-refractivity contribution is -0.120. The summed E-state index contributed by atoms with van der Waals surface area (Å²) in [5, 5.41) is 6.36. The molecular formula is C13H13FN4O2. The molecule has 0 radical (unpaired) electrons. The van der Waals surface area contributed by atoms with Gasteiger partial charge in [-0.15, -0.1) is 0 Å². The number of nitrogens with two attached hydrogens (primary N) is 1. The van der Waals surface area contributed by atoms with Crippen LogP contribution in [-0.2, 0) is 11.8 Å². The van der Waals surface area contributed by atoms with Crippen LogP contribution in [0, 0.1) is 5.82 Å². The summed E-state index contributed by atoms with van der Waals surface area (Å²) < 4.78 is 14.3. The minimum absolute atomic E-state index is 0.306. The van der Waals surface area contributed by atoms with Crippen molar-refractivity contribution in [3.05, 3.63) is 53.6 Å². The first-order valence-corrected chi connectivity index (χ1v) is 5.81. The van der Waals surface area contributed by atoms with E-state index in [4.69, 9.17) is 5.73 Å². The van der Waals surface area contributed by atoms with Crippen molar-refractivity contribution in [2.45, 2.75) is 6.04 Å².